The van der Waals surface area contributed by atoms with Gasteiger partial charge < -0.3 is 14.9 Å². The second-order valence-electron chi connectivity index (χ2n) is 8.59. The van der Waals surface area contributed by atoms with Gasteiger partial charge in [0.05, 0.1) is 25.7 Å². The van der Waals surface area contributed by atoms with Crippen LogP contribution in [0.2, 0.25) is 0 Å². The number of carbonyl (C=O) groups is 2. The van der Waals surface area contributed by atoms with Crippen LogP contribution in [0.15, 0.2) is 54.4 Å². The molecule has 1 N–H and O–H groups in total. The lowest BCUT2D eigenvalue weighted by Gasteiger charge is -2.28. The largest absolute Gasteiger partial charge is 0.872 e. The molecule has 0 radical (unpaired) electrons. The normalized spacial score (nSPS) is 18.2. The maximum Gasteiger partial charge on any atom is 0.295 e. The van der Waals surface area contributed by atoms with Crippen LogP contribution < -0.4 is 10.0 Å². The number of amides is 1. The highest BCUT2D eigenvalue weighted by Crippen LogP contribution is 2.38. The molecule has 6 heteroatoms. The summed E-state index contributed by atoms with van der Waals surface area (Å²) in [4.78, 5) is 33.0. The molecule has 1 aliphatic rings. The van der Waals surface area contributed by atoms with Crippen molar-refractivity contribution in [1.82, 2.24) is 9.88 Å². The van der Waals surface area contributed by atoms with Crippen molar-refractivity contribution in [3.63, 3.8) is 0 Å². The van der Waals surface area contributed by atoms with Gasteiger partial charge in [-0.3, -0.25) is 14.6 Å². The summed E-state index contributed by atoms with van der Waals surface area (Å²) in [5.41, 5.74) is 2.37. The van der Waals surface area contributed by atoms with Crippen LogP contribution >= 0.6 is 0 Å². The SMILES string of the molecule is CC[NH+](CC)CCCN1C(=O)C(=O)C(=C([O-])c2ccncc2)C1c1ccc(C(C)C)cc1. The minimum absolute atomic E-state index is 0.0358. The van der Waals surface area contributed by atoms with Gasteiger partial charge >= 0.3 is 0 Å². The molecule has 3 rings (SSSR count). The monoisotopic (exact) mass is 435 g/mol. The fourth-order valence-corrected chi connectivity index (χ4v) is 4.27. The first-order valence-electron chi connectivity index (χ1n) is 11.5. The molecule has 1 saturated heterocycles. The van der Waals surface area contributed by atoms with E-state index in [4.69, 9.17) is 0 Å². The number of nitrogens with one attached hydrogen (secondary N) is 1. The Hall–Kier alpha value is -2.99. The van der Waals surface area contributed by atoms with Crippen LogP contribution in [0.5, 0.6) is 0 Å². The number of aromatic nitrogens is 1. The summed E-state index contributed by atoms with van der Waals surface area (Å²) in [7, 11) is 0. The number of benzene rings is 1. The Bertz CT molecular complexity index is 964. The molecule has 1 aromatic carbocycles. The first-order chi connectivity index (χ1) is 15.4. The molecular weight excluding hydrogens is 402 g/mol. The summed E-state index contributed by atoms with van der Waals surface area (Å²) in [6.07, 6.45) is 3.81. The van der Waals surface area contributed by atoms with Crippen molar-refractivity contribution in [1.29, 1.82) is 0 Å². The van der Waals surface area contributed by atoms with Crippen LogP contribution in [0.3, 0.4) is 0 Å². The van der Waals surface area contributed by atoms with Gasteiger partial charge in [0.25, 0.3) is 5.91 Å². The first-order valence-corrected chi connectivity index (χ1v) is 11.5. The van der Waals surface area contributed by atoms with Crippen LogP contribution in [-0.4, -0.2) is 47.8 Å². The van der Waals surface area contributed by atoms with Gasteiger partial charge in [-0.05, 0) is 48.6 Å². The average molecular weight is 436 g/mol. The molecule has 0 saturated carbocycles. The lowest BCUT2D eigenvalue weighted by Crippen LogP contribution is -3.11. The summed E-state index contributed by atoms with van der Waals surface area (Å²) in [5.74, 6) is -1.32. The summed E-state index contributed by atoms with van der Waals surface area (Å²) in [6, 6.07) is 10.4. The molecule has 0 bridgehead atoms. The van der Waals surface area contributed by atoms with E-state index in [1.54, 1.807) is 17.0 Å². The van der Waals surface area contributed by atoms with Gasteiger partial charge in [-0.1, -0.05) is 43.9 Å². The molecule has 1 aromatic heterocycles. The van der Waals surface area contributed by atoms with Crippen LogP contribution in [-0.2, 0) is 9.59 Å². The van der Waals surface area contributed by atoms with E-state index in [0.29, 0.717) is 18.0 Å². The van der Waals surface area contributed by atoms with E-state index in [9.17, 15) is 14.7 Å². The van der Waals surface area contributed by atoms with E-state index in [1.165, 1.54) is 22.9 Å². The van der Waals surface area contributed by atoms with Gasteiger partial charge in [0.15, 0.2) is 0 Å². The molecule has 1 aliphatic heterocycles. The van der Waals surface area contributed by atoms with Crippen LogP contribution in [0, 0.1) is 0 Å². The minimum atomic E-state index is -0.695. The molecule has 32 heavy (non-hydrogen) atoms. The number of hydrogen-bond donors (Lipinski definition) is 1. The summed E-state index contributed by atoms with van der Waals surface area (Å²) < 4.78 is 0. The Morgan fingerprint density at radius 2 is 1.69 bits per heavy atom. The number of nitrogens with zero attached hydrogens (tertiary/aromatic N) is 2. The second-order valence-corrected chi connectivity index (χ2v) is 8.59. The number of rotatable bonds is 9. The van der Waals surface area contributed by atoms with Gasteiger partial charge in [0, 0.05) is 30.9 Å². The van der Waals surface area contributed by atoms with Crippen LogP contribution in [0.25, 0.3) is 5.76 Å². The smallest absolute Gasteiger partial charge is 0.295 e. The Balaban J connectivity index is 2.01. The predicted molar refractivity (Wildman–Crippen MR) is 123 cm³/mol. The lowest BCUT2D eigenvalue weighted by atomic mass is 9.93. The molecule has 1 atom stereocenters. The Morgan fingerprint density at radius 3 is 2.25 bits per heavy atom. The number of Topliss-reactive ketones (excluding diaryl/α,β-unsaturated/α-hetero) is 1. The third-order valence-corrected chi connectivity index (χ3v) is 6.32. The molecule has 1 unspecified atom stereocenters. The third-order valence-electron chi connectivity index (χ3n) is 6.32. The number of quaternary nitrogens is 1. The zero-order chi connectivity index (χ0) is 23.3. The van der Waals surface area contributed by atoms with E-state index >= 15 is 0 Å². The topological polar surface area (TPSA) is 77.8 Å². The molecule has 2 heterocycles. The molecule has 170 valence electrons. The number of likely N-dealkylation sites (tertiary alicyclic amines) is 1. The Labute approximate surface area is 190 Å². The highest BCUT2D eigenvalue weighted by atomic mass is 16.3. The molecule has 6 nitrogen and oxygen atoms in total. The van der Waals surface area contributed by atoms with Crippen LogP contribution in [0.1, 0.15) is 62.8 Å². The molecule has 2 aromatic rings. The fraction of sp³-hybridized carbons (Fsp3) is 0.423. The predicted octanol–water partition coefficient (Wildman–Crippen LogP) is 1.74. The third kappa shape index (κ3) is 4.91. The summed E-state index contributed by atoms with van der Waals surface area (Å²) in [5, 5.41) is 13.3. The molecule has 0 aliphatic carbocycles. The zero-order valence-corrected chi connectivity index (χ0v) is 19.4. The van der Waals surface area contributed by atoms with Crippen molar-refractivity contribution in [2.45, 2.75) is 46.1 Å². The van der Waals surface area contributed by atoms with E-state index in [1.807, 2.05) is 24.3 Å². The summed E-state index contributed by atoms with van der Waals surface area (Å²) >= 11 is 0. The highest BCUT2D eigenvalue weighted by molar-refractivity contribution is 6.46. The minimum Gasteiger partial charge on any atom is -0.872 e. The number of hydrogen-bond acceptors (Lipinski definition) is 4. The van der Waals surface area contributed by atoms with Crippen molar-refractivity contribution in [2.24, 2.45) is 0 Å². The van der Waals surface area contributed by atoms with Crippen molar-refractivity contribution in [2.75, 3.05) is 26.2 Å². The average Bonchev–Trinajstić information content (AvgIpc) is 3.07. The van der Waals surface area contributed by atoms with Crippen molar-refractivity contribution < 1.29 is 19.6 Å². The van der Waals surface area contributed by atoms with E-state index in [0.717, 1.165) is 31.6 Å². The van der Waals surface area contributed by atoms with Gasteiger partial charge in [0.2, 0.25) is 5.78 Å². The highest BCUT2D eigenvalue weighted by Gasteiger charge is 2.43. The number of carbonyl (C=O) groups excluding carboxylic acids is 2. The van der Waals surface area contributed by atoms with Crippen molar-refractivity contribution in [3.05, 3.63) is 71.1 Å². The number of pyridine rings is 1. The van der Waals surface area contributed by atoms with Crippen molar-refractivity contribution in [3.8, 4) is 0 Å². The van der Waals surface area contributed by atoms with Crippen LogP contribution in [0.4, 0.5) is 0 Å². The Kier molecular flexibility index (Phi) is 7.80. The van der Waals surface area contributed by atoms with E-state index < -0.39 is 23.5 Å². The molecule has 0 spiro atoms. The molecular formula is C26H33N3O3. The Morgan fingerprint density at radius 1 is 1.06 bits per heavy atom. The fourth-order valence-electron chi connectivity index (χ4n) is 4.27. The first kappa shape index (κ1) is 23.7. The molecule has 1 fully saturated rings. The standard InChI is InChI=1S/C26H33N3O3/c1-5-28(6-2)16-7-17-29-23(20-10-8-19(9-11-20)18(3)4)22(25(31)26(29)32)24(30)21-12-14-27-15-13-21/h8-15,18,23,30H,5-7,16-17H2,1-4H3. The van der Waals surface area contributed by atoms with Gasteiger partial charge in [-0.2, -0.15) is 0 Å². The maximum atomic E-state index is 13.3. The second kappa shape index (κ2) is 10.6. The van der Waals surface area contributed by atoms with Crippen molar-refractivity contribution >= 4 is 17.4 Å². The van der Waals surface area contributed by atoms with Gasteiger partial charge in [0.1, 0.15) is 0 Å². The van der Waals surface area contributed by atoms with E-state index in [2.05, 4.69) is 32.7 Å². The maximum absolute atomic E-state index is 13.3. The van der Waals surface area contributed by atoms with Gasteiger partial charge in [-0.25, -0.2) is 0 Å². The quantitative estimate of drug-likeness (QED) is 0.370. The summed E-state index contributed by atoms with van der Waals surface area (Å²) in [6.45, 7) is 11.9. The zero-order valence-electron chi connectivity index (χ0n) is 19.4. The van der Waals surface area contributed by atoms with E-state index in [-0.39, 0.29) is 5.57 Å². The number of ketones is 1. The molecule has 1 amide bonds. The lowest BCUT2D eigenvalue weighted by molar-refractivity contribution is -0.896. The van der Waals surface area contributed by atoms with Gasteiger partial charge in [-0.15, -0.1) is 0 Å².